The highest BCUT2D eigenvalue weighted by Crippen LogP contribution is 2.45. The summed E-state index contributed by atoms with van der Waals surface area (Å²) in [5, 5.41) is 21.6. The van der Waals surface area contributed by atoms with Gasteiger partial charge in [0, 0.05) is 0 Å². The second kappa shape index (κ2) is 8.48. The van der Waals surface area contributed by atoms with Crippen LogP contribution in [0.2, 0.25) is 0 Å². The fourth-order valence-electron chi connectivity index (χ4n) is 4.04. The molecule has 0 aliphatic carbocycles. The average molecular weight is 493 g/mol. The van der Waals surface area contributed by atoms with E-state index >= 15 is 0 Å². The maximum Gasteiger partial charge on any atom is 0.296 e. The fourth-order valence-corrected chi connectivity index (χ4v) is 5.06. The van der Waals surface area contributed by atoms with Crippen LogP contribution < -0.4 is 14.4 Å². The van der Waals surface area contributed by atoms with Crippen molar-refractivity contribution in [2.45, 2.75) is 13.0 Å². The van der Waals surface area contributed by atoms with Crippen molar-refractivity contribution < 1.29 is 33.7 Å². The molecule has 10 heteroatoms. The zero-order valence-electron chi connectivity index (χ0n) is 18.9. The van der Waals surface area contributed by atoms with Crippen molar-refractivity contribution in [1.29, 1.82) is 0 Å². The summed E-state index contributed by atoms with van der Waals surface area (Å²) in [6.45, 7) is 1.69. The summed E-state index contributed by atoms with van der Waals surface area (Å²) in [5.41, 5.74) is 0.825. The van der Waals surface area contributed by atoms with Crippen molar-refractivity contribution >= 4 is 38.4 Å². The number of aromatic nitrogens is 1. The molecule has 0 spiro atoms. The lowest BCUT2D eigenvalue weighted by Crippen LogP contribution is -2.30. The van der Waals surface area contributed by atoms with Crippen LogP contribution in [0.1, 0.15) is 27.9 Å². The predicted octanol–water partition coefficient (Wildman–Crippen LogP) is 4.70. The number of Topliss-reactive ketones (excluding diaryl/α,β-unsaturated/α-hetero) is 1. The number of carbonyl (C=O) groups excluding carboxylic acids is 2. The number of amides is 1. The Morgan fingerprint density at radius 3 is 2.54 bits per heavy atom. The molecule has 2 aromatic heterocycles. The number of thiazole rings is 1. The van der Waals surface area contributed by atoms with Crippen molar-refractivity contribution in [2.24, 2.45) is 0 Å². The molecule has 2 aromatic carbocycles. The molecule has 5 rings (SSSR count). The number of nitrogens with zero attached hydrogens (tertiary/aromatic N) is 2. The summed E-state index contributed by atoms with van der Waals surface area (Å²) in [6, 6.07) is 11.8. The van der Waals surface area contributed by atoms with Gasteiger partial charge in [-0.25, -0.2) is 4.98 Å². The first-order valence-corrected chi connectivity index (χ1v) is 11.3. The minimum absolute atomic E-state index is 0.0181. The van der Waals surface area contributed by atoms with E-state index in [1.54, 1.807) is 44.4 Å². The molecule has 3 heterocycles. The third-order valence-electron chi connectivity index (χ3n) is 5.73. The van der Waals surface area contributed by atoms with Gasteiger partial charge in [-0.1, -0.05) is 17.4 Å². The van der Waals surface area contributed by atoms with E-state index in [-0.39, 0.29) is 28.0 Å². The molecule has 35 heavy (non-hydrogen) atoms. The number of hydrogen-bond donors (Lipinski definition) is 2. The number of phenols is 1. The molecule has 0 saturated heterocycles. The average Bonchev–Trinajstić information content (AvgIpc) is 3.54. The second-order valence-electron chi connectivity index (χ2n) is 7.84. The van der Waals surface area contributed by atoms with E-state index in [0.717, 1.165) is 4.70 Å². The summed E-state index contributed by atoms with van der Waals surface area (Å²) >= 11 is 1.21. The van der Waals surface area contributed by atoms with Crippen LogP contribution in [-0.4, -0.2) is 41.1 Å². The number of aliphatic hydroxyl groups excluding tert-OH is 1. The van der Waals surface area contributed by atoms with Gasteiger partial charge in [0.05, 0.1) is 36.1 Å². The van der Waals surface area contributed by atoms with Crippen molar-refractivity contribution in [3.05, 3.63) is 76.9 Å². The minimum Gasteiger partial charge on any atom is -0.504 e. The quantitative estimate of drug-likeness (QED) is 0.371. The van der Waals surface area contributed by atoms with Gasteiger partial charge < -0.3 is 24.1 Å². The molecule has 1 aliphatic rings. The van der Waals surface area contributed by atoms with Crippen LogP contribution in [-0.2, 0) is 4.79 Å². The van der Waals surface area contributed by atoms with Crippen LogP contribution in [0.5, 0.6) is 17.2 Å². The number of furan rings is 1. The van der Waals surface area contributed by atoms with Gasteiger partial charge >= 0.3 is 0 Å². The molecule has 1 amide bonds. The summed E-state index contributed by atoms with van der Waals surface area (Å²) < 4.78 is 16.6. The standard InChI is InChI=1S/C25H20N2O7S/c1-12-4-8-18(34-12)22(29)20-21(13-5-9-17(33-3)16(28)10-13)27(24(31)23(20)30)25-26-15-7-6-14(32-2)11-19(15)35-25/h4-11,21,28,30H,1-3H3. The van der Waals surface area contributed by atoms with Crippen molar-refractivity contribution in [3.63, 3.8) is 0 Å². The van der Waals surface area contributed by atoms with Crippen LogP contribution >= 0.6 is 11.3 Å². The number of anilines is 1. The van der Waals surface area contributed by atoms with Gasteiger partial charge in [-0.15, -0.1) is 0 Å². The predicted molar refractivity (Wildman–Crippen MR) is 128 cm³/mol. The number of fused-ring (bicyclic) bond motifs is 1. The third-order valence-corrected chi connectivity index (χ3v) is 6.74. The fraction of sp³-hybridized carbons (Fsp3) is 0.160. The van der Waals surface area contributed by atoms with E-state index in [2.05, 4.69) is 4.98 Å². The Labute approximate surface area is 203 Å². The molecule has 4 aromatic rings. The normalized spacial score (nSPS) is 15.8. The molecule has 1 unspecified atom stereocenters. The molecule has 2 N–H and O–H groups in total. The van der Waals surface area contributed by atoms with E-state index in [1.807, 2.05) is 0 Å². The number of hydrogen-bond acceptors (Lipinski definition) is 9. The number of aromatic hydroxyl groups is 1. The zero-order valence-corrected chi connectivity index (χ0v) is 19.8. The number of benzene rings is 2. The number of rotatable bonds is 6. The monoisotopic (exact) mass is 492 g/mol. The van der Waals surface area contributed by atoms with Gasteiger partial charge in [0.25, 0.3) is 5.91 Å². The molecule has 0 radical (unpaired) electrons. The highest BCUT2D eigenvalue weighted by molar-refractivity contribution is 7.22. The Kier molecular flexibility index (Phi) is 5.45. The largest absolute Gasteiger partial charge is 0.504 e. The van der Waals surface area contributed by atoms with Gasteiger partial charge in [-0.2, -0.15) is 0 Å². The highest BCUT2D eigenvalue weighted by Gasteiger charge is 2.46. The molecule has 1 aliphatic heterocycles. The topological polar surface area (TPSA) is 122 Å². The highest BCUT2D eigenvalue weighted by atomic mass is 32.1. The Hall–Kier alpha value is -4.31. The van der Waals surface area contributed by atoms with E-state index in [1.165, 1.54) is 41.5 Å². The van der Waals surface area contributed by atoms with E-state index < -0.39 is 23.5 Å². The van der Waals surface area contributed by atoms with Gasteiger partial charge in [0.1, 0.15) is 11.5 Å². The van der Waals surface area contributed by atoms with Crippen LogP contribution in [0.15, 0.2) is 64.3 Å². The number of aliphatic hydroxyl groups is 1. The summed E-state index contributed by atoms with van der Waals surface area (Å²) in [7, 11) is 2.96. The Bertz CT molecular complexity index is 1520. The summed E-state index contributed by atoms with van der Waals surface area (Å²) in [4.78, 5) is 32.6. The van der Waals surface area contributed by atoms with Gasteiger partial charge in [0.15, 0.2) is 28.1 Å². The molecular weight excluding hydrogens is 472 g/mol. The maximum absolute atomic E-state index is 13.4. The Morgan fingerprint density at radius 2 is 1.89 bits per heavy atom. The van der Waals surface area contributed by atoms with Crippen LogP contribution in [0.3, 0.4) is 0 Å². The minimum atomic E-state index is -1.07. The van der Waals surface area contributed by atoms with Gasteiger partial charge in [-0.05, 0) is 55.0 Å². The SMILES string of the molecule is COc1ccc2nc(N3C(=O)C(O)=C(C(=O)c4ccc(C)o4)C3c3ccc(OC)c(O)c3)sc2c1. The number of carbonyl (C=O) groups is 2. The Morgan fingerprint density at radius 1 is 1.09 bits per heavy atom. The van der Waals surface area contributed by atoms with Gasteiger partial charge in [0.2, 0.25) is 5.78 Å². The lowest BCUT2D eigenvalue weighted by Gasteiger charge is -2.24. The molecule has 1 atom stereocenters. The number of methoxy groups -OCH3 is 2. The van der Waals surface area contributed by atoms with Crippen molar-refractivity contribution in [3.8, 4) is 17.2 Å². The van der Waals surface area contributed by atoms with Crippen LogP contribution in [0.25, 0.3) is 10.2 Å². The van der Waals surface area contributed by atoms with Crippen LogP contribution in [0, 0.1) is 6.92 Å². The first-order chi connectivity index (χ1) is 16.8. The van der Waals surface area contributed by atoms with Crippen molar-refractivity contribution in [2.75, 3.05) is 19.1 Å². The number of aryl methyl sites for hydroxylation is 1. The number of phenolic OH excluding ortho intramolecular Hbond substituents is 1. The van der Waals surface area contributed by atoms with E-state index in [0.29, 0.717) is 22.6 Å². The summed E-state index contributed by atoms with van der Waals surface area (Å²) in [6.07, 6.45) is 0. The lowest BCUT2D eigenvalue weighted by molar-refractivity contribution is -0.117. The molecule has 0 fully saturated rings. The molecule has 0 saturated carbocycles. The first-order valence-electron chi connectivity index (χ1n) is 10.5. The Balaban J connectivity index is 1.68. The molecule has 0 bridgehead atoms. The van der Waals surface area contributed by atoms with Crippen molar-refractivity contribution in [1.82, 2.24) is 4.98 Å². The summed E-state index contributed by atoms with van der Waals surface area (Å²) in [5.74, 6) is -0.984. The second-order valence-corrected chi connectivity index (χ2v) is 8.85. The van der Waals surface area contributed by atoms with E-state index in [4.69, 9.17) is 13.9 Å². The first kappa shape index (κ1) is 22.5. The maximum atomic E-state index is 13.4. The zero-order chi connectivity index (χ0) is 24.9. The van der Waals surface area contributed by atoms with E-state index in [9.17, 15) is 19.8 Å². The van der Waals surface area contributed by atoms with Crippen LogP contribution in [0.4, 0.5) is 5.13 Å². The molecule has 9 nitrogen and oxygen atoms in total. The number of ether oxygens (including phenoxy) is 2. The lowest BCUT2D eigenvalue weighted by atomic mass is 9.95. The number of ketones is 1. The molecule has 178 valence electrons. The molecular formula is C25H20N2O7S. The smallest absolute Gasteiger partial charge is 0.296 e. The van der Waals surface area contributed by atoms with Gasteiger partial charge in [-0.3, -0.25) is 14.5 Å². The third kappa shape index (κ3) is 3.68.